The van der Waals surface area contributed by atoms with Crippen molar-refractivity contribution in [2.24, 2.45) is 0 Å². The summed E-state index contributed by atoms with van der Waals surface area (Å²) in [6.07, 6.45) is 5.97. The number of nitrogens with zero attached hydrogens (tertiary/aromatic N) is 8. The smallest absolute Gasteiger partial charge is 0.753 e. The number of hydrogen-bond donors (Lipinski definition) is 0. The van der Waals surface area contributed by atoms with Crippen molar-refractivity contribution in [1.82, 2.24) is 35.1 Å². The molecule has 0 saturated carbocycles. The molecule has 2 aliphatic heterocycles. The zero-order chi connectivity index (χ0) is 49.7. The molecule has 10 heterocycles. The third-order valence-corrected chi connectivity index (χ3v) is 13.6. The number of aromatic nitrogens is 7. The Morgan fingerprint density at radius 3 is 2.17 bits per heavy atom. The number of halogens is 3. The number of hydrogen-bond acceptors (Lipinski definition) is 18. The monoisotopic (exact) mass is 1140 g/mol. The van der Waals surface area contributed by atoms with Crippen LogP contribution in [-0.2, 0) is 41.7 Å². The first-order chi connectivity index (χ1) is 34.6. The molecule has 72 heavy (non-hydrogen) atoms. The number of aryl methyl sites for hydroxylation is 1. The number of pyridine rings is 3. The molecule has 0 bridgehead atoms. The van der Waals surface area contributed by atoms with Crippen molar-refractivity contribution >= 4 is 64.3 Å². The molecule has 0 fully saturated rings. The Hall–Kier alpha value is -6.81. The maximum atomic E-state index is 12.7. The molecule has 8 aromatic rings. The summed E-state index contributed by atoms with van der Waals surface area (Å²) in [6.45, 7) is 4.60. The van der Waals surface area contributed by atoms with E-state index >= 15 is 0 Å². The van der Waals surface area contributed by atoms with Gasteiger partial charge < -0.3 is 44.0 Å². The minimum Gasteiger partial charge on any atom is -0.753 e. The molecule has 16 nitrogen and oxygen atoms in total. The number of carbonyl (C=O) groups excluding carboxylic acids is 2. The quantitative estimate of drug-likeness (QED) is 0.0308. The average Bonchev–Trinajstić information content (AvgIpc) is 4.23. The van der Waals surface area contributed by atoms with E-state index in [1.807, 2.05) is 11.4 Å². The number of ether oxygens (including phenoxy) is 6. The van der Waals surface area contributed by atoms with Crippen LogP contribution < -0.4 is 33.5 Å². The summed E-state index contributed by atoms with van der Waals surface area (Å²) in [4.78, 5) is 48.0. The number of isothiocyanates is 1. The topological polar surface area (TPSA) is 203 Å². The van der Waals surface area contributed by atoms with E-state index in [-0.39, 0.29) is 42.5 Å². The second kappa shape index (κ2) is 25.0. The van der Waals surface area contributed by atoms with Gasteiger partial charge in [-0.1, -0.05) is 44.1 Å². The molecular formula is C48H37F3N8O8RuS4. The predicted molar refractivity (Wildman–Crippen MR) is 263 cm³/mol. The molecule has 24 heteroatoms. The van der Waals surface area contributed by atoms with Gasteiger partial charge in [0.2, 0.25) is 0 Å². The molecule has 0 N–H and O–H groups in total. The maximum absolute atomic E-state index is 12.7. The zero-order valence-electron chi connectivity index (χ0n) is 37.6. The van der Waals surface area contributed by atoms with E-state index in [1.165, 1.54) is 77.1 Å². The van der Waals surface area contributed by atoms with Crippen LogP contribution in [0.3, 0.4) is 0 Å². The van der Waals surface area contributed by atoms with Crippen molar-refractivity contribution < 1.29 is 70.7 Å². The number of carbonyl (C=O) groups is 2. The maximum Gasteiger partial charge on any atom is 2.00 e. The van der Waals surface area contributed by atoms with E-state index in [1.54, 1.807) is 41.9 Å². The molecule has 370 valence electrons. The van der Waals surface area contributed by atoms with E-state index in [0.717, 1.165) is 44.0 Å². The number of thiophene rings is 3. The van der Waals surface area contributed by atoms with Crippen molar-refractivity contribution in [2.45, 2.75) is 45.2 Å². The second-order valence-corrected chi connectivity index (χ2v) is 17.9. The van der Waals surface area contributed by atoms with Gasteiger partial charge in [0.15, 0.2) is 28.8 Å². The summed E-state index contributed by atoms with van der Waals surface area (Å²) in [5.74, 6) is 3.39. The number of thiocarbonyl (C=S) groups is 1. The normalized spacial score (nSPS) is 12.2. The largest absolute Gasteiger partial charge is 2.00 e. The van der Waals surface area contributed by atoms with Gasteiger partial charge >= 0.3 is 25.7 Å². The van der Waals surface area contributed by atoms with Crippen LogP contribution in [0.25, 0.3) is 70.5 Å². The van der Waals surface area contributed by atoms with Gasteiger partial charge in [0.05, 0.1) is 37.4 Å². The Bertz CT molecular complexity index is 3180. The number of alkyl halides is 3. The van der Waals surface area contributed by atoms with Gasteiger partial charge in [0.25, 0.3) is 12.9 Å². The molecule has 0 unspecified atom stereocenters. The molecule has 0 aromatic carbocycles. The molecule has 0 radical (unpaired) electrons. The molecular weight excluding hydrogens is 1100 g/mol. The minimum atomic E-state index is -4.50. The van der Waals surface area contributed by atoms with Crippen molar-refractivity contribution in [3.63, 3.8) is 0 Å². The third-order valence-electron chi connectivity index (χ3n) is 10.3. The Balaban J connectivity index is 0.000000218. The van der Waals surface area contributed by atoms with E-state index in [9.17, 15) is 22.8 Å². The minimum absolute atomic E-state index is 0. The standard InChI is InChI=1S/C28H18N4O8S2.C19H19F3N3S.CNS.Ru/c33-13-39-15-1-3-29-18(9-15)19-10-16(40-14-34)11-20(31-19)28-30-4-2-17(32-28)25-23-24(38-8-7-37-23)27(42-25)26-22-21(12-41-26)35-5-6-36-22;1-2-3-4-5-6-13-8-10-26-18(13)14-7-9-23-15(11-14)16-12-17(25-24-16)19(20,21)22;2-1-3;/h1-4,9-14H,5-8H2;7-12H,2-6H2,1H3;;/q;2*-1;+2. The summed E-state index contributed by atoms with van der Waals surface area (Å²) < 4.78 is 72.1. The first-order valence-corrected chi connectivity index (χ1v) is 24.6. The van der Waals surface area contributed by atoms with Crippen molar-refractivity contribution in [1.29, 1.82) is 0 Å². The summed E-state index contributed by atoms with van der Waals surface area (Å²) >= 11 is 8.32. The molecule has 0 spiro atoms. The van der Waals surface area contributed by atoms with Crippen LogP contribution in [0.15, 0.2) is 83.9 Å². The van der Waals surface area contributed by atoms with Crippen LogP contribution >= 0.6 is 46.2 Å². The van der Waals surface area contributed by atoms with Crippen LogP contribution in [0.4, 0.5) is 13.2 Å². The van der Waals surface area contributed by atoms with Crippen LogP contribution in [0.5, 0.6) is 34.5 Å². The Kier molecular flexibility index (Phi) is 18.4. The van der Waals surface area contributed by atoms with Crippen LogP contribution in [-0.4, -0.2) is 74.6 Å². The molecule has 10 rings (SSSR count). The SMILES string of the molecule is CCCCCCc1ccsc1-c1ccnc(-c2cc(C(F)(F)F)n[n-]2)c1.O=COc1ccnc(-c2cc(OC=O)cc(-c3nccc(-c4sc(-c5scc6c5OCCO6)c5c4OCCO5)n3)n2)c1.[N-]=C=S.[Ru+2]. The Morgan fingerprint density at radius 2 is 1.42 bits per heavy atom. The van der Waals surface area contributed by atoms with Gasteiger partial charge in [0, 0.05) is 47.0 Å². The predicted octanol–water partition coefficient (Wildman–Crippen LogP) is 11.3. The number of unbranched alkanes of at least 4 members (excludes halogenated alkanes) is 3. The first kappa shape index (κ1) is 53.0. The van der Waals surface area contributed by atoms with Gasteiger partial charge in [-0.3, -0.25) is 19.6 Å². The fraction of sp³-hybridized carbons (Fsp3) is 0.229. The molecule has 0 atom stereocenters. The van der Waals surface area contributed by atoms with Crippen LogP contribution in [0.1, 0.15) is 43.9 Å². The van der Waals surface area contributed by atoms with Crippen molar-refractivity contribution in [2.75, 3.05) is 26.4 Å². The van der Waals surface area contributed by atoms with E-state index < -0.39 is 11.9 Å². The van der Waals surface area contributed by atoms with E-state index in [0.29, 0.717) is 90.8 Å². The fourth-order valence-corrected chi connectivity index (χ4v) is 10.4. The molecule has 0 amide bonds. The van der Waals surface area contributed by atoms with Gasteiger partial charge in [-0.25, -0.2) is 15.0 Å². The number of rotatable bonds is 15. The van der Waals surface area contributed by atoms with Gasteiger partial charge in [-0.05, 0) is 65.7 Å². The van der Waals surface area contributed by atoms with Gasteiger partial charge in [0.1, 0.15) is 49.3 Å². The molecule has 0 saturated heterocycles. The molecule has 2 aliphatic rings. The molecule has 0 aliphatic carbocycles. The van der Waals surface area contributed by atoms with Gasteiger partial charge in [-0.15, -0.1) is 34.0 Å². The summed E-state index contributed by atoms with van der Waals surface area (Å²) in [5.41, 5.74) is 3.42. The van der Waals surface area contributed by atoms with E-state index in [2.05, 4.69) is 60.7 Å². The Labute approximate surface area is 439 Å². The third kappa shape index (κ3) is 12.6. The fourth-order valence-electron chi connectivity index (χ4n) is 7.25. The summed E-state index contributed by atoms with van der Waals surface area (Å²) in [7, 11) is 0. The first-order valence-electron chi connectivity index (χ1n) is 21.6. The average molecular weight is 1140 g/mol. The van der Waals surface area contributed by atoms with Crippen molar-refractivity contribution in [3.05, 3.63) is 101 Å². The summed E-state index contributed by atoms with van der Waals surface area (Å²) in [5, 5.41) is 19.3. The van der Waals surface area contributed by atoms with Crippen LogP contribution in [0, 0.1) is 0 Å². The van der Waals surface area contributed by atoms with Gasteiger partial charge in [-0.2, -0.15) is 18.3 Å². The number of fused-ring (bicyclic) bond motifs is 2. The zero-order valence-corrected chi connectivity index (χ0v) is 42.6. The van der Waals surface area contributed by atoms with Crippen LogP contribution in [0.2, 0.25) is 0 Å². The molecule has 8 aromatic heterocycles. The van der Waals surface area contributed by atoms with E-state index in [4.69, 9.17) is 38.8 Å². The summed E-state index contributed by atoms with van der Waals surface area (Å²) in [6, 6.07) is 14.7. The van der Waals surface area contributed by atoms with Crippen molar-refractivity contribution in [3.8, 4) is 99.6 Å². The Morgan fingerprint density at radius 1 is 0.736 bits per heavy atom. The second-order valence-electron chi connectivity index (χ2n) is 14.9.